The zero-order chi connectivity index (χ0) is 12.4. The third kappa shape index (κ3) is 2.60. The normalized spacial score (nSPS) is 33.9. The number of amides is 2. The number of rotatable bonds is 2. The maximum Gasteiger partial charge on any atom is 0.244 e. The first kappa shape index (κ1) is 12.4. The van der Waals surface area contributed by atoms with Crippen molar-refractivity contribution < 1.29 is 9.59 Å². The van der Waals surface area contributed by atoms with Gasteiger partial charge in [-0.2, -0.15) is 0 Å². The molecule has 1 saturated heterocycles. The van der Waals surface area contributed by atoms with E-state index in [0.29, 0.717) is 6.42 Å². The molecule has 1 aliphatic heterocycles. The second kappa shape index (κ2) is 5.04. The van der Waals surface area contributed by atoms with Gasteiger partial charge >= 0.3 is 0 Å². The number of carbonyl (C=O) groups is 2. The van der Waals surface area contributed by atoms with Crippen LogP contribution in [0.25, 0.3) is 0 Å². The summed E-state index contributed by atoms with van der Waals surface area (Å²) in [5.41, 5.74) is 5.96. The van der Waals surface area contributed by atoms with Gasteiger partial charge < -0.3 is 16.0 Å². The van der Waals surface area contributed by atoms with Crippen LogP contribution in [0.15, 0.2) is 0 Å². The van der Waals surface area contributed by atoms with Crippen molar-refractivity contribution in [3.63, 3.8) is 0 Å². The molecule has 5 heteroatoms. The van der Waals surface area contributed by atoms with Gasteiger partial charge in [-0.05, 0) is 19.3 Å². The van der Waals surface area contributed by atoms with Gasteiger partial charge in [-0.25, -0.2) is 0 Å². The highest BCUT2D eigenvalue weighted by molar-refractivity contribution is 5.90. The van der Waals surface area contributed by atoms with Crippen LogP contribution in [-0.2, 0) is 9.59 Å². The summed E-state index contributed by atoms with van der Waals surface area (Å²) in [5, 5.41) is 2.85. The number of hydrogen-bond acceptors (Lipinski definition) is 3. The van der Waals surface area contributed by atoms with E-state index in [2.05, 4.69) is 5.32 Å². The van der Waals surface area contributed by atoms with Crippen molar-refractivity contribution in [2.45, 2.75) is 44.2 Å². The molecule has 0 aromatic heterocycles. The predicted octanol–water partition coefficient (Wildman–Crippen LogP) is -0.149. The molecular formula is C12H21N3O2. The summed E-state index contributed by atoms with van der Waals surface area (Å²) in [7, 11) is 1.76. The minimum atomic E-state index is -0.332. The van der Waals surface area contributed by atoms with Crippen LogP contribution in [0.2, 0.25) is 0 Å². The molecule has 1 saturated carbocycles. The fourth-order valence-electron chi connectivity index (χ4n) is 2.72. The first-order valence-electron chi connectivity index (χ1n) is 6.40. The molecule has 2 rings (SSSR count). The number of nitrogens with two attached hydrogens (primary N) is 1. The Morgan fingerprint density at radius 3 is 2.65 bits per heavy atom. The van der Waals surface area contributed by atoms with Crippen LogP contribution in [-0.4, -0.2) is 42.4 Å². The number of nitrogens with zero attached hydrogens (tertiary/aromatic N) is 1. The lowest BCUT2D eigenvalue weighted by Crippen LogP contribution is -2.48. The van der Waals surface area contributed by atoms with E-state index >= 15 is 0 Å². The molecule has 1 heterocycles. The average Bonchev–Trinajstić information content (AvgIpc) is 2.61. The number of nitrogens with one attached hydrogen (secondary N) is 1. The summed E-state index contributed by atoms with van der Waals surface area (Å²) in [4.78, 5) is 25.4. The van der Waals surface area contributed by atoms with Crippen molar-refractivity contribution in [1.82, 2.24) is 10.2 Å². The molecular weight excluding hydrogens is 218 g/mol. The largest absolute Gasteiger partial charge is 0.344 e. The van der Waals surface area contributed by atoms with Crippen LogP contribution in [0.5, 0.6) is 0 Å². The van der Waals surface area contributed by atoms with Crippen LogP contribution in [0.1, 0.15) is 32.1 Å². The summed E-state index contributed by atoms with van der Waals surface area (Å²) in [6, 6.07) is -0.375. The third-order valence-corrected chi connectivity index (χ3v) is 3.90. The van der Waals surface area contributed by atoms with E-state index in [9.17, 15) is 9.59 Å². The van der Waals surface area contributed by atoms with Gasteiger partial charge in [-0.1, -0.05) is 12.8 Å². The average molecular weight is 239 g/mol. The first-order valence-corrected chi connectivity index (χ1v) is 6.40. The summed E-state index contributed by atoms with van der Waals surface area (Å²) >= 11 is 0. The monoisotopic (exact) mass is 239 g/mol. The van der Waals surface area contributed by atoms with E-state index in [0.717, 1.165) is 32.2 Å². The highest BCUT2D eigenvalue weighted by Gasteiger charge is 2.34. The summed E-state index contributed by atoms with van der Waals surface area (Å²) in [6.45, 7) is 0.723. The second-order valence-electron chi connectivity index (χ2n) is 5.16. The fourth-order valence-corrected chi connectivity index (χ4v) is 2.72. The van der Waals surface area contributed by atoms with Gasteiger partial charge in [0.15, 0.2) is 0 Å². The Morgan fingerprint density at radius 2 is 2.06 bits per heavy atom. The van der Waals surface area contributed by atoms with Crippen molar-refractivity contribution in [2.24, 2.45) is 11.7 Å². The Morgan fingerprint density at radius 1 is 1.35 bits per heavy atom. The molecule has 17 heavy (non-hydrogen) atoms. The highest BCUT2D eigenvalue weighted by Crippen LogP contribution is 2.23. The molecule has 0 radical (unpaired) electrons. The van der Waals surface area contributed by atoms with Crippen LogP contribution in [0.3, 0.4) is 0 Å². The maximum atomic E-state index is 12.1. The second-order valence-corrected chi connectivity index (χ2v) is 5.16. The number of likely N-dealkylation sites (N-methyl/N-ethyl adjacent to an activating group) is 1. The van der Waals surface area contributed by atoms with E-state index in [-0.39, 0.29) is 29.8 Å². The predicted molar refractivity (Wildman–Crippen MR) is 64.1 cm³/mol. The Labute approximate surface area is 102 Å². The van der Waals surface area contributed by atoms with Gasteiger partial charge in [0.2, 0.25) is 11.8 Å². The lowest BCUT2D eigenvalue weighted by atomic mass is 9.84. The first-order chi connectivity index (χ1) is 8.09. The Balaban J connectivity index is 1.90. The topological polar surface area (TPSA) is 75.4 Å². The van der Waals surface area contributed by atoms with Crippen molar-refractivity contribution in [3.05, 3.63) is 0 Å². The fraction of sp³-hybridized carbons (Fsp3) is 0.833. The Kier molecular flexibility index (Phi) is 3.66. The molecule has 0 bridgehead atoms. The van der Waals surface area contributed by atoms with Gasteiger partial charge in [-0.15, -0.1) is 0 Å². The summed E-state index contributed by atoms with van der Waals surface area (Å²) in [5.74, 6) is -0.129. The zero-order valence-electron chi connectivity index (χ0n) is 10.3. The smallest absolute Gasteiger partial charge is 0.244 e. The minimum Gasteiger partial charge on any atom is -0.344 e. The van der Waals surface area contributed by atoms with E-state index < -0.39 is 0 Å². The van der Waals surface area contributed by atoms with Gasteiger partial charge in [0.05, 0.1) is 5.92 Å². The number of likely N-dealkylation sites (tertiary alicyclic amines) is 1. The molecule has 96 valence electrons. The minimum absolute atomic E-state index is 0.0164. The van der Waals surface area contributed by atoms with E-state index in [1.165, 1.54) is 0 Å². The maximum absolute atomic E-state index is 12.1. The number of carbonyl (C=O) groups excluding carboxylic acids is 2. The van der Waals surface area contributed by atoms with Crippen molar-refractivity contribution >= 4 is 11.8 Å². The van der Waals surface area contributed by atoms with Gasteiger partial charge in [0, 0.05) is 19.6 Å². The van der Waals surface area contributed by atoms with Crippen LogP contribution in [0.4, 0.5) is 0 Å². The standard InChI is InChI=1S/C12H21N3O2/c1-15-7-6-10(12(15)17)14-11(16)8-4-2-3-5-9(8)13/h8-10H,2-7,13H2,1H3,(H,14,16). The van der Waals surface area contributed by atoms with Crippen molar-refractivity contribution in [1.29, 1.82) is 0 Å². The van der Waals surface area contributed by atoms with Gasteiger partial charge in [0.25, 0.3) is 0 Å². The highest BCUT2D eigenvalue weighted by atomic mass is 16.2. The molecule has 2 aliphatic rings. The number of hydrogen-bond donors (Lipinski definition) is 2. The molecule has 5 nitrogen and oxygen atoms in total. The third-order valence-electron chi connectivity index (χ3n) is 3.90. The molecule has 0 aromatic carbocycles. The molecule has 3 N–H and O–H groups in total. The molecule has 0 spiro atoms. The molecule has 1 aliphatic carbocycles. The van der Waals surface area contributed by atoms with E-state index in [1.54, 1.807) is 11.9 Å². The molecule has 3 atom stereocenters. The Hall–Kier alpha value is -1.10. The zero-order valence-corrected chi connectivity index (χ0v) is 10.3. The molecule has 2 fully saturated rings. The lowest BCUT2D eigenvalue weighted by Gasteiger charge is -2.28. The summed E-state index contributed by atoms with van der Waals surface area (Å²) in [6.07, 6.45) is 4.64. The van der Waals surface area contributed by atoms with E-state index in [1.807, 2.05) is 0 Å². The van der Waals surface area contributed by atoms with Crippen LogP contribution < -0.4 is 11.1 Å². The van der Waals surface area contributed by atoms with Gasteiger partial charge in [-0.3, -0.25) is 9.59 Å². The molecule has 0 aromatic rings. The van der Waals surface area contributed by atoms with E-state index in [4.69, 9.17) is 5.73 Å². The SMILES string of the molecule is CN1CCC(NC(=O)C2CCCCC2N)C1=O. The van der Waals surface area contributed by atoms with Gasteiger partial charge in [0.1, 0.15) is 6.04 Å². The molecule has 3 unspecified atom stereocenters. The van der Waals surface area contributed by atoms with Crippen molar-refractivity contribution in [3.8, 4) is 0 Å². The summed E-state index contributed by atoms with van der Waals surface area (Å²) < 4.78 is 0. The quantitative estimate of drug-likeness (QED) is 0.703. The molecule has 2 amide bonds. The van der Waals surface area contributed by atoms with Crippen molar-refractivity contribution in [2.75, 3.05) is 13.6 Å². The van der Waals surface area contributed by atoms with Crippen LogP contribution >= 0.6 is 0 Å². The Bertz CT molecular complexity index is 319. The van der Waals surface area contributed by atoms with Crippen LogP contribution in [0, 0.1) is 5.92 Å². The lowest BCUT2D eigenvalue weighted by molar-refractivity contribution is -0.133.